The van der Waals surface area contributed by atoms with Crippen LogP contribution in [0.4, 0.5) is 0 Å². The van der Waals surface area contributed by atoms with Gasteiger partial charge < -0.3 is 14.8 Å². The Bertz CT molecular complexity index is 1590. The Labute approximate surface area is 175 Å². The van der Waals surface area contributed by atoms with Gasteiger partial charge in [0.15, 0.2) is 5.43 Å². The summed E-state index contributed by atoms with van der Waals surface area (Å²) in [5, 5.41) is 21.8. The number of hydrogen-bond acceptors (Lipinski definition) is 6. The smallest absolute Gasteiger partial charge is 0.184 e. The van der Waals surface area contributed by atoms with Gasteiger partial charge >= 0.3 is 0 Å². The van der Waals surface area contributed by atoms with Crippen molar-refractivity contribution in [3.05, 3.63) is 81.8 Å². The minimum atomic E-state index is -0.841. The summed E-state index contributed by atoms with van der Waals surface area (Å²) >= 11 is 0. The number of aromatic nitrogens is 4. The molecule has 3 atom stereocenters. The van der Waals surface area contributed by atoms with E-state index in [1.54, 1.807) is 18.2 Å². The zero-order valence-electron chi connectivity index (χ0n) is 16.2. The quantitative estimate of drug-likeness (QED) is 0.382. The lowest BCUT2D eigenvalue weighted by Gasteiger charge is -2.43. The molecule has 0 radical (unpaired) electrons. The molecule has 31 heavy (non-hydrogen) atoms. The topological polar surface area (TPSA) is 101 Å². The molecule has 4 aliphatic rings. The van der Waals surface area contributed by atoms with E-state index in [-0.39, 0.29) is 17.2 Å². The summed E-state index contributed by atoms with van der Waals surface area (Å²) in [5.74, 6) is -0.590. The number of benzene rings is 3. The van der Waals surface area contributed by atoms with Gasteiger partial charge in [0.05, 0.1) is 57.4 Å². The van der Waals surface area contributed by atoms with Crippen LogP contribution in [0, 0.1) is 0 Å². The Morgan fingerprint density at radius 1 is 0.935 bits per heavy atom. The van der Waals surface area contributed by atoms with Gasteiger partial charge in [0.1, 0.15) is 11.3 Å². The molecule has 0 fully saturated rings. The summed E-state index contributed by atoms with van der Waals surface area (Å²) in [6.07, 6.45) is -0.367. The molecular weight excluding hydrogens is 392 g/mol. The van der Waals surface area contributed by atoms with Crippen molar-refractivity contribution in [1.29, 1.82) is 0 Å². The van der Waals surface area contributed by atoms with Crippen LogP contribution in [-0.2, 0) is 6.42 Å². The summed E-state index contributed by atoms with van der Waals surface area (Å²) < 4.78 is 2.06. The predicted octanol–water partition coefficient (Wildman–Crippen LogP) is 2.75. The van der Waals surface area contributed by atoms with Crippen molar-refractivity contribution in [1.82, 2.24) is 19.5 Å². The molecule has 7 rings (SSSR count). The maximum absolute atomic E-state index is 13.1. The average molecular weight is 408 g/mol. The van der Waals surface area contributed by atoms with Crippen LogP contribution in [0.2, 0.25) is 0 Å². The van der Waals surface area contributed by atoms with Crippen LogP contribution in [0.25, 0.3) is 33.5 Å². The number of aromatic hydroxyl groups is 1. The second-order valence-corrected chi connectivity index (χ2v) is 8.26. The third-order valence-corrected chi connectivity index (χ3v) is 6.63. The lowest BCUT2D eigenvalue weighted by Crippen LogP contribution is -2.44. The largest absolute Gasteiger partial charge is 0.506 e. The SMILES string of the molecule is O=c1ccc2nc3ccccc3n3c-2c1[C@@H]1c2nc4c(O)cccc4nc2C[C@@H]3[C@@H]1O. The molecule has 0 spiro atoms. The van der Waals surface area contributed by atoms with Crippen molar-refractivity contribution >= 4 is 22.1 Å². The highest BCUT2D eigenvalue weighted by Crippen LogP contribution is 2.49. The van der Waals surface area contributed by atoms with Crippen LogP contribution in [0.3, 0.4) is 0 Å². The summed E-state index contributed by atoms with van der Waals surface area (Å²) in [4.78, 5) is 27.4. The van der Waals surface area contributed by atoms with Crippen LogP contribution in [0.15, 0.2) is 59.4 Å². The van der Waals surface area contributed by atoms with Gasteiger partial charge in [0.25, 0.3) is 0 Å². The molecule has 1 aromatic heterocycles. The second-order valence-electron chi connectivity index (χ2n) is 8.26. The van der Waals surface area contributed by atoms with Crippen LogP contribution >= 0.6 is 0 Å². The van der Waals surface area contributed by atoms with Crippen molar-refractivity contribution in [2.24, 2.45) is 0 Å². The number of hydrogen-bond donors (Lipinski definition) is 2. The van der Waals surface area contributed by atoms with E-state index in [1.807, 2.05) is 30.3 Å². The summed E-state index contributed by atoms with van der Waals surface area (Å²) in [6.45, 7) is 0. The number of para-hydroxylation sites is 3. The highest BCUT2D eigenvalue weighted by atomic mass is 16.3. The highest BCUT2D eigenvalue weighted by Gasteiger charge is 2.47. The van der Waals surface area contributed by atoms with E-state index in [9.17, 15) is 15.0 Å². The van der Waals surface area contributed by atoms with Crippen molar-refractivity contribution in [2.75, 3.05) is 0 Å². The Morgan fingerprint density at radius 3 is 2.68 bits per heavy atom. The normalized spacial score (nSPS) is 21.5. The molecule has 2 aliphatic heterocycles. The van der Waals surface area contributed by atoms with Gasteiger partial charge in [-0.15, -0.1) is 0 Å². The van der Waals surface area contributed by atoms with E-state index in [0.717, 1.165) is 28.1 Å². The molecule has 2 N–H and O–H groups in total. The third-order valence-electron chi connectivity index (χ3n) is 6.63. The van der Waals surface area contributed by atoms with E-state index >= 15 is 0 Å². The molecule has 7 nitrogen and oxygen atoms in total. The molecule has 2 aliphatic carbocycles. The maximum atomic E-state index is 13.1. The third kappa shape index (κ3) is 2.06. The minimum Gasteiger partial charge on any atom is -0.506 e. The standard InChI is InChI=1S/C24H16N4O3/c29-17-9-8-13-23-19(17)20-22-14(26-12-5-3-7-18(30)21(12)27-22)10-16(24(20)31)28(23)15-6-2-1-4-11(15)25-13/h1-9,16,20,24,30-31H,10H2/t16-,20-,24+/m1/s1. The second kappa shape index (κ2) is 5.65. The van der Waals surface area contributed by atoms with Gasteiger partial charge in [-0.2, -0.15) is 0 Å². The fourth-order valence-electron chi connectivity index (χ4n) is 5.34. The molecule has 0 saturated carbocycles. The monoisotopic (exact) mass is 408 g/mol. The zero-order chi connectivity index (χ0) is 20.9. The Morgan fingerprint density at radius 2 is 1.77 bits per heavy atom. The van der Waals surface area contributed by atoms with Crippen LogP contribution in [0.5, 0.6) is 5.75 Å². The first kappa shape index (κ1) is 16.9. The number of fused-ring (bicyclic) bond motifs is 9. The lowest BCUT2D eigenvalue weighted by molar-refractivity contribution is 0.0800. The van der Waals surface area contributed by atoms with Crippen LogP contribution in [-0.4, -0.2) is 35.8 Å². The molecular formula is C24H16N4O3. The number of rotatable bonds is 0. The number of aliphatic hydroxyl groups is 1. The summed E-state index contributed by atoms with van der Waals surface area (Å²) in [6, 6.07) is 15.8. The van der Waals surface area contributed by atoms with Crippen molar-refractivity contribution < 1.29 is 10.2 Å². The van der Waals surface area contributed by atoms with E-state index in [0.29, 0.717) is 28.7 Å². The predicted molar refractivity (Wildman–Crippen MR) is 114 cm³/mol. The van der Waals surface area contributed by atoms with Gasteiger partial charge in [-0.05, 0) is 36.4 Å². The fourth-order valence-corrected chi connectivity index (χ4v) is 5.34. The molecule has 0 amide bonds. The van der Waals surface area contributed by atoms with E-state index in [2.05, 4.69) is 4.57 Å². The zero-order valence-corrected chi connectivity index (χ0v) is 16.2. The molecule has 3 heterocycles. The number of phenolic OH excluding ortho intramolecular Hbond substituents is 1. The Hall–Kier alpha value is -3.84. The molecule has 2 aromatic carbocycles. The van der Waals surface area contributed by atoms with Gasteiger partial charge in [-0.3, -0.25) is 4.79 Å². The van der Waals surface area contributed by atoms with E-state index in [4.69, 9.17) is 15.0 Å². The number of aliphatic hydroxyl groups excluding tert-OH is 1. The first-order valence-electron chi connectivity index (χ1n) is 10.2. The Balaban J connectivity index is 1.65. The van der Waals surface area contributed by atoms with Crippen molar-refractivity contribution in [3.63, 3.8) is 0 Å². The van der Waals surface area contributed by atoms with Crippen LogP contribution < -0.4 is 5.43 Å². The minimum absolute atomic E-state index is 0.0308. The van der Waals surface area contributed by atoms with E-state index in [1.165, 1.54) is 6.07 Å². The fraction of sp³-hybridized carbons (Fsp3) is 0.167. The molecule has 0 saturated heterocycles. The van der Waals surface area contributed by atoms with Gasteiger partial charge in [-0.25, -0.2) is 15.0 Å². The van der Waals surface area contributed by atoms with Crippen molar-refractivity contribution in [2.45, 2.75) is 24.5 Å². The molecule has 7 heteroatoms. The molecule has 0 unspecified atom stereocenters. The van der Waals surface area contributed by atoms with Gasteiger partial charge in [-0.1, -0.05) is 18.2 Å². The first-order chi connectivity index (χ1) is 15.1. The Kier molecular flexibility index (Phi) is 3.08. The number of phenols is 1. The maximum Gasteiger partial charge on any atom is 0.184 e. The first-order valence-corrected chi connectivity index (χ1v) is 10.2. The van der Waals surface area contributed by atoms with Gasteiger partial charge in [0, 0.05) is 12.0 Å². The highest BCUT2D eigenvalue weighted by molar-refractivity contribution is 5.84. The molecule has 3 aromatic rings. The van der Waals surface area contributed by atoms with Crippen LogP contribution in [0.1, 0.15) is 28.9 Å². The summed E-state index contributed by atoms with van der Waals surface area (Å²) in [5.41, 5.74) is 5.75. The molecule has 150 valence electrons. The van der Waals surface area contributed by atoms with E-state index < -0.39 is 12.0 Å². The number of nitrogens with zero attached hydrogens (tertiary/aromatic N) is 4. The average Bonchev–Trinajstić information content (AvgIpc) is 2.77. The lowest BCUT2D eigenvalue weighted by atomic mass is 9.74. The van der Waals surface area contributed by atoms with Gasteiger partial charge in [0.2, 0.25) is 0 Å². The van der Waals surface area contributed by atoms with Crippen molar-refractivity contribution in [3.8, 4) is 17.1 Å². The molecule has 2 bridgehead atoms. The summed E-state index contributed by atoms with van der Waals surface area (Å²) in [7, 11) is 0.